The number of amides is 3. The quantitative estimate of drug-likeness (QED) is 0.413. The Hall–Kier alpha value is -3.37. The number of anilines is 1. The van der Waals surface area contributed by atoms with E-state index in [2.05, 4.69) is 5.32 Å². The fourth-order valence-corrected chi connectivity index (χ4v) is 4.65. The molecule has 1 N–H and O–H groups in total. The zero-order chi connectivity index (χ0) is 25.5. The second kappa shape index (κ2) is 12.0. The van der Waals surface area contributed by atoms with Gasteiger partial charge in [-0.15, -0.1) is 11.3 Å². The molecule has 6 nitrogen and oxygen atoms in total. The number of benzene rings is 2. The Morgan fingerprint density at radius 1 is 1.00 bits per heavy atom. The Labute approximate surface area is 211 Å². The second-order valence-electron chi connectivity index (χ2n) is 8.53. The summed E-state index contributed by atoms with van der Waals surface area (Å²) >= 11 is 1.50. The standard InChI is InChI=1S/C26H26F3N3O3S/c27-19-7-5-18(6-8-19)14-31(16-22-4-2-12-36-22)25(33)17-32(15-21-3-1-11-35-21)26(34)30-24-10-9-20(28)13-23(24)29/h2,4-10,12-13,21H,1,3,11,14-17H2,(H,30,34)/t21-/m0/s1. The van der Waals surface area contributed by atoms with Crippen molar-refractivity contribution in [3.8, 4) is 0 Å². The number of rotatable bonds is 9. The molecule has 2 heterocycles. The first-order chi connectivity index (χ1) is 17.4. The predicted molar refractivity (Wildman–Crippen MR) is 131 cm³/mol. The van der Waals surface area contributed by atoms with E-state index in [1.54, 1.807) is 17.0 Å². The predicted octanol–water partition coefficient (Wildman–Crippen LogP) is 5.41. The van der Waals surface area contributed by atoms with Crippen molar-refractivity contribution >= 4 is 29.0 Å². The Kier molecular flexibility index (Phi) is 8.61. The molecule has 1 fully saturated rings. The SMILES string of the molecule is O=C(CN(C[C@@H]1CCCO1)C(=O)Nc1ccc(F)cc1F)N(Cc1ccc(F)cc1)Cc1cccs1. The van der Waals surface area contributed by atoms with Crippen molar-refractivity contribution in [3.05, 3.63) is 87.9 Å². The molecule has 0 spiro atoms. The van der Waals surface area contributed by atoms with Crippen LogP contribution >= 0.6 is 11.3 Å². The third-order valence-corrected chi connectivity index (χ3v) is 6.66. The topological polar surface area (TPSA) is 61.9 Å². The van der Waals surface area contributed by atoms with Crippen molar-refractivity contribution < 1.29 is 27.5 Å². The van der Waals surface area contributed by atoms with Gasteiger partial charge in [0, 0.05) is 30.6 Å². The van der Waals surface area contributed by atoms with Gasteiger partial charge in [-0.05, 0) is 54.1 Å². The van der Waals surface area contributed by atoms with Gasteiger partial charge in [-0.3, -0.25) is 4.79 Å². The van der Waals surface area contributed by atoms with E-state index in [0.717, 1.165) is 35.4 Å². The molecular formula is C26H26F3N3O3S. The largest absolute Gasteiger partial charge is 0.376 e. The van der Waals surface area contributed by atoms with Crippen LogP contribution in [0.15, 0.2) is 60.0 Å². The van der Waals surface area contributed by atoms with Gasteiger partial charge < -0.3 is 19.9 Å². The zero-order valence-corrected chi connectivity index (χ0v) is 20.3. The third-order valence-electron chi connectivity index (χ3n) is 5.80. The van der Waals surface area contributed by atoms with E-state index in [1.165, 1.54) is 28.4 Å². The van der Waals surface area contributed by atoms with Crippen LogP contribution in [0.3, 0.4) is 0 Å². The average molecular weight is 518 g/mol. The van der Waals surface area contributed by atoms with Crippen molar-refractivity contribution in [2.45, 2.75) is 32.0 Å². The summed E-state index contributed by atoms with van der Waals surface area (Å²) in [6.45, 7) is 0.968. The number of carbonyl (C=O) groups excluding carboxylic acids is 2. The first-order valence-corrected chi connectivity index (χ1v) is 12.4. The lowest BCUT2D eigenvalue weighted by atomic mass is 10.2. The molecule has 1 atom stereocenters. The van der Waals surface area contributed by atoms with Gasteiger partial charge in [0.1, 0.15) is 24.0 Å². The molecule has 1 aromatic heterocycles. The van der Waals surface area contributed by atoms with E-state index >= 15 is 0 Å². The molecule has 36 heavy (non-hydrogen) atoms. The molecule has 0 aliphatic carbocycles. The maximum absolute atomic E-state index is 14.2. The maximum atomic E-state index is 14.2. The molecule has 3 amide bonds. The summed E-state index contributed by atoms with van der Waals surface area (Å²) < 4.78 is 46.5. The number of nitrogens with zero attached hydrogens (tertiary/aromatic N) is 2. The smallest absolute Gasteiger partial charge is 0.322 e. The molecule has 0 bridgehead atoms. The molecule has 3 aromatic rings. The van der Waals surface area contributed by atoms with E-state index in [9.17, 15) is 22.8 Å². The number of urea groups is 1. The van der Waals surface area contributed by atoms with Crippen molar-refractivity contribution in [1.82, 2.24) is 9.80 Å². The minimum atomic E-state index is -0.914. The number of thiophene rings is 1. The van der Waals surface area contributed by atoms with Crippen LogP contribution in [-0.2, 0) is 22.6 Å². The fourth-order valence-electron chi connectivity index (χ4n) is 3.93. The van der Waals surface area contributed by atoms with Crippen LogP contribution in [0.25, 0.3) is 0 Å². The highest BCUT2D eigenvalue weighted by atomic mass is 32.1. The summed E-state index contributed by atoms with van der Waals surface area (Å²) in [5.74, 6) is -2.38. The van der Waals surface area contributed by atoms with Crippen LogP contribution in [0.1, 0.15) is 23.3 Å². The summed E-state index contributed by atoms with van der Waals surface area (Å²) in [4.78, 5) is 30.4. The van der Waals surface area contributed by atoms with Gasteiger partial charge >= 0.3 is 6.03 Å². The first-order valence-electron chi connectivity index (χ1n) is 11.5. The molecule has 4 rings (SSSR count). The molecule has 10 heteroatoms. The summed E-state index contributed by atoms with van der Waals surface area (Å²) in [7, 11) is 0. The normalized spacial score (nSPS) is 15.0. The van der Waals surface area contributed by atoms with Crippen molar-refractivity contribution in [2.24, 2.45) is 0 Å². The number of carbonyl (C=O) groups is 2. The molecule has 1 aliphatic rings. The molecule has 1 saturated heterocycles. The van der Waals surface area contributed by atoms with Gasteiger partial charge in [-0.1, -0.05) is 18.2 Å². The zero-order valence-electron chi connectivity index (χ0n) is 19.5. The van der Waals surface area contributed by atoms with Gasteiger partial charge in [0.25, 0.3) is 0 Å². The Balaban J connectivity index is 1.52. The first kappa shape index (κ1) is 25.7. The van der Waals surface area contributed by atoms with Gasteiger partial charge in [0.15, 0.2) is 0 Å². The number of hydrogen-bond acceptors (Lipinski definition) is 4. The Bertz CT molecular complexity index is 1170. The highest BCUT2D eigenvalue weighted by molar-refractivity contribution is 7.09. The molecule has 0 unspecified atom stereocenters. The van der Waals surface area contributed by atoms with Crippen molar-refractivity contribution in [3.63, 3.8) is 0 Å². The maximum Gasteiger partial charge on any atom is 0.322 e. The fraction of sp³-hybridized carbons (Fsp3) is 0.308. The lowest BCUT2D eigenvalue weighted by molar-refractivity contribution is -0.133. The molecule has 190 valence electrons. The van der Waals surface area contributed by atoms with Gasteiger partial charge in [-0.25, -0.2) is 18.0 Å². The molecule has 0 saturated carbocycles. The van der Waals surface area contributed by atoms with Crippen LogP contribution in [0, 0.1) is 17.5 Å². The minimum absolute atomic E-state index is 0.143. The highest BCUT2D eigenvalue weighted by Gasteiger charge is 2.27. The van der Waals surface area contributed by atoms with Crippen LogP contribution in [-0.4, -0.2) is 47.5 Å². The van der Waals surface area contributed by atoms with Crippen LogP contribution in [0.4, 0.5) is 23.7 Å². The molecular weight excluding hydrogens is 491 g/mol. The molecule has 1 aliphatic heterocycles. The number of hydrogen-bond donors (Lipinski definition) is 1. The van der Waals surface area contributed by atoms with Crippen LogP contribution in [0.2, 0.25) is 0 Å². The lowest BCUT2D eigenvalue weighted by Gasteiger charge is -2.29. The van der Waals surface area contributed by atoms with Crippen molar-refractivity contribution in [2.75, 3.05) is 25.0 Å². The summed E-state index contributed by atoms with van der Waals surface area (Å²) in [5.41, 5.74) is 0.553. The van der Waals surface area contributed by atoms with Gasteiger partial charge in [0.05, 0.1) is 18.3 Å². The second-order valence-corrected chi connectivity index (χ2v) is 9.56. The lowest BCUT2D eigenvalue weighted by Crippen LogP contribution is -2.46. The van der Waals surface area contributed by atoms with Crippen LogP contribution < -0.4 is 5.32 Å². The van der Waals surface area contributed by atoms with E-state index in [-0.39, 0.29) is 43.2 Å². The Morgan fingerprint density at radius 2 is 1.78 bits per heavy atom. The molecule has 0 radical (unpaired) electrons. The van der Waals surface area contributed by atoms with Crippen LogP contribution in [0.5, 0.6) is 0 Å². The summed E-state index contributed by atoms with van der Waals surface area (Å²) in [6.07, 6.45) is 1.33. The number of ether oxygens (including phenoxy) is 1. The molecule has 2 aromatic carbocycles. The van der Waals surface area contributed by atoms with Gasteiger partial charge in [-0.2, -0.15) is 0 Å². The summed E-state index contributed by atoms with van der Waals surface area (Å²) in [5, 5.41) is 4.34. The minimum Gasteiger partial charge on any atom is -0.376 e. The van der Waals surface area contributed by atoms with E-state index in [1.807, 2.05) is 17.5 Å². The average Bonchev–Trinajstić information content (AvgIpc) is 3.56. The number of halogens is 3. The van der Waals surface area contributed by atoms with Gasteiger partial charge in [0.2, 0.25) is 5.91 Å². The van der Waals surface area contributed by atoms with E-state index in [4.69, 9.17) is 4.74 Å². The van der Waals surface area contributed by atoms with Crippen molar-refractivity contribution in [1.29, 1.82) is 0 Å². The third kappa shape index (κ3) is 7.08. The monoisotopic (exact) mass is 517 g/mol. The van der Waals surface area contributed by atoms with E-state index in [0.29, 0.717) is 19.2 Å². The summed E-state index contributed by atoms with van der Waals surface area (Å²) in [6, 6.07) is 11.8. The number of nitrogens with one attached hydrogen (secondary N) is 1. The highest BCUT2D eigenvalue weighted by Crippen LogP contribution is 2.19. The Morgan fingerprint density at radius 3 is 2.44 bits per heavy atom. The van der Waals surface area contributed by atoms with E-state index < -0.39 is 17.7 Å².